The number of nitrogens with one attached hydrogen (secondary N) is 1. The molecule has 1 saturated heterocycles. The summed E-state index contributed by atoms with van der Waals surface area (Å²) in [6, 6.07) is 11.8. The van der Waals surface area contributed by atoms with Gasteiger partial charge in [-0.15, -0.1) is 0 Å². The lowest BCUT2D eigenvalue weighted by atomic mass is 9.83. The van der Waals surface area contributed by atoms with Gasteiger partial charge in [0.05, 0.1) is 13.0 Å². The first kappa shape index (κ1) is 23.3. The number of carboxylic acid groups (broad SMARTS) is 1. The maximum Gasteiger partial charge on any atom is 0.309 e. The molecule has 178 valence electrons. The van der Waals surface area contributed by atoms with Crippen molar-refractivity contribution in [1.29, 1.82) is 0 Å². The Balaban J connectivity index is 1.73. The molecule has 0 aromatic heterocycles. The second-order valence-electron chi connectivity index (χ2n) is 8.21. The van der Waals surface area contributed by atoms with Crippen LogP contribution in [0.25, 0.3) is 0 Å². The highest BCUT2D eigenvalue weighted by Crippen LogP contribution is 2.47. The third-order valence-electron chi connectivity index (χ3n) is 6.07. The molecule has 0 amide bonds. The molecule has 2 aromatic rings. The van der Waals surface area contributed by atoms with Crippen LogP contribution < -0.4 is 18.9 Å². The molecular weight excluding hydrogens is 448 g/mol. The summed E-state index contributed by atoms with van der Waals surface area (Å²) in [4.78, 5) is 14.3. The number of rotatable bonds is 9. The van der Waals surface area contributed by atoms with Crippen LogP contribution in [0.1, 0.15) is 36.4 Å². The van der Waals surface area contributed by atoms with Gasteiger partial charge in [-0.1, -0.05) is 25.1 Å². The van der Waals surface area contributed by atoms with Gasteiger partial charge >= 0.3 is 5.97 Å². The van der Waals surface area contributed by atoms with Gasteiger partial charge in [-0.3, -0.25) is 9.69 Å². The summed E-state index contributed by atoms with van der Waals surface area (Å²) in [6.07, 6.45) is 0.665. The normalized spacial score (nSPS) is 22.4. The molecule has 2 aromatic carbocycles. The first-order chi connectivity index (χ1) is 15.8. The Morgan fingerprint density at radius 2 is 1.85 bits per heavy atom. The van der Waals surface area contributed by atoms with Crippen LogP contribution in [0.2, 0.25) is 0 Å². The summed E-state index contributed by atoms with van der Waals surface area (Å²) in [6.45, 7) is 2.60. The summed E-state index contributed by atoms with van der Waals surface area (Å²) in [7, 11) is -2.08. The van der Waals surface area contributed by atoms with Gasteiger partial charge in [0.25, 0.3) is 0 Å². The van der Waals surface area contributed by atoms with Crippen molar-refractivity contribution in [2.24, 2.45) is 5.92 Å². The highest BCUT2D eigenvalue weighted by Gasteiger charge is 2.48. The first-order valence-electron chi connectivity index (χ1n) is 10.8. The fourth-order valence-electron chi connectivity index (χ4n) is 4.56. The minimum atomic E-state index is -3.63. The molecule has 3 unspecified atom stereocenters. The molecule has 1 fully saturated rings. The van der Waals surface area contributed by atoms with Gasteiger partial charge in [-0.25, -0.2) is 13.1 Å². The van der Waals surface area contributed by atoms with E-state index in [1.165, 1.54) is 0 Å². The van der Waals surface area contributed by atoms with Crippen LogP contribution in [0.5, 0.6) is 17.2 Å². The fraction of sp³-hybridized carbons (Fsp3) is 0.435. The quantitative estimate of drug-likeness (QED) is 0.568. The number of carbonyl (C=O) groups is 1. The fourth-order valence-corrected chi connectivity index (χ4v) is 5.87. The molecule has 3 atom stereocenters. The first-order valence-corrected chi connectivity index (χ1v) is 12.5. The van der Waals surface area contributed by atoms with Gasteiger partial charge in [-0.2, -0.15) is 0 Å². The summed E-state index contributed by atoms with van der Waals surface area (Å²) >= 11 is 0. The van der Waals surface area contributed by atoms with E-state index >= 15 is 0 Å². The van der Waals surface area contributed by atoms with Crippen molar-refractivity contribution < 1.29 is 32.5 Å². The Labute approximate surface area is 193 Å². The molecule has 2 aliphatic heterocycles. The van der Waals surface area contributed by atoms with Crippen molar-refractivity contribution >= 4 is 16.0 Å². The van der Waals surface area contributed by atoms with Gasteiger partial charge in [0.15, 0.2) is 11.5 Å². The number of hydrogen-bond acceptors (Lipinski definition) is 7. The van der Waals surface area contributed by atoms with Crippen LogP contribution in [0.15, 0.2) is 42.5 Å². The lowest BCUT2D eigenvalue weighted by Gasteiger charge is -2.27. The number of aliphatic carboxylic acids is 1. The molecule has 2 N–H and O–H groups in total. The van der Waals surface area contributed by atoms with E-state index in [2.05, 4.69) is 4.72 Å². The number of hydrogen-bond donors (Lipinski definition) is 2. The Morgan fingerprint density at radius 3 is 2.52 bits per heavy atom. The van der Waals surface area contributed by atoms with Crippen molar-refractivity contribution in [2.45, 2.75) is 25.3 Å². The van der Waals surface area contributed by atoms with E-state index in [9.17, 15) is 18.3 Å². The summed E-state index contributed by atoms with van der Waals surface area (Å²) in [5.41, 5.74) is 1.49. The predicted octanol–water partition coefficient (Wildman–Crippen LogP) is 2.55. The van der Waals surface area contributed by atoms with E-state index in [4.69, 9.17) is 14.2 Å². The van der Waals surface area contributed by atoms with Crippen molar-refractivity contribution in [2.75, 3.05) is 32.9 Å². The van der Waals surface area contributed by atoms with E-state index in [1.54, 1.807) is 48.4 Å². The standard InChI is InChI=1S/C23H28N2O7S/c1-3-10-24-33(28,29)13-25-12-18(16-6-9-19-20(11-16)32-14-31-19)21(23(26)27)22(25)15-4-7-17(30-2)8-5-15/h4-9,11,18,21-22,24H,3,10,12-14H2,1-2H3,(H,26,27). The van der Waals surface area contributed by atoms with Crippen molar-refractivity contribution in [1.82, 2.24) is 9.62 Å². The SMILES string of the molecule is CCCNS(=O)(=O)CN1CC(c2ccc3c(c2)OCO3)C(C(=O)O)C1c1ccc(OC)cc1. The largest absolute Gasteiger partial charge is 0.497 e. The summed E-state index contributed by atoms with van der Waals surface area (Å²) in [5, 5.41) is 10.3. The molecule has 10 heteroatoms. The minimum absolute atomic E-state index is 0.119. The number of benzene rings is 2. The Morgan fingerprint density at radius 1 is 1.15 bits per heavy atom. The third-order valence-corrected chi connectivity index (χ3v) is 7.39. The monoisotopic (exact) mass is 476 g/mol. The number of ether oxygens (including phenoxy) is 3. The van der Waals surface area contributed by atoms with Crippen LogP contribution in [0.4, 0.5) is 0 Å². The maximum absolute atomic E-state index is 12.7. The zero-order valence-corrected chi connectivity index (χ0v) is 19.4. The molecule has 0 spiro atoms. The highest BCUT2D eigenvalue weighted by molar-refractivity contribution is 7.89. The molecular formula is C23H28N2O7S. The zero-order chi connectivity index (χ0) is 23.6. The second-order valence-corrected chi connectivity index (χ2v) is 9.99. The molecule has 0 radical (unpaired) electrons. The zero-order valence-electron chi connectivity index (χ0n) is 18.6. The molecule has 2 heterocycles. The minimum Gasteiger partial charge on any atom is -0.497 e. The Bertz CT molecular complexity index is 1100. The Hall–Kier alpha value is -2.82. The molecule has 0 aliphatic carbocycles. The lowest BCUT2D eigenvalue weighted by Crippen LogP contribution is -2.38. The number of nitrogens with zero attached hydrogens (tertiary/aromatic N) is 1. The van der Waals surface area contributed by atoms with E-state index in [0.29, 0.717) is 30.2 Å². The van der Waals surface area contributed by atoms with E-state index in [0.717, 1.165) is 11.1 Å². The maximum atomic E-state index is 12.7. The van der Waals surface area contributed by atoms with Gasteiger partial charge in [-0.05, 0) is 41.8 Å². The number of carboxylic acids is 1. The Kier molecular flexibility index (Phi) is 6.78. The smallest absolute Gasteiger partial charge is 0.309 e. The van der Waals surface area contributed by atoms with Crippen molar-refractivity contribution in [3.8, 4) is 17.2 Å². The van der Waals surface area contributed by atoms with Gasteiger partial charge < -0.3 is 19.3 Å². The van der Waals surface area contributed by atoms with E-state index in [1.807, 2.05) is 13.0 Å². The van der Waals surface area contributed by atoms with E-state index < -0.39 is 33.9 Å². The van der Waals surface area contributed by atoms with Crippen LogP contribution in [0.3, 0.4) is 0 Å². The number of sulfonamides is 1. The lowest BCUT2D eigenvalue weighted by molar-refractivity contribution is -0.143. The molecule has 0 saturated carbocycles. The molecule has 33 heavy (non-hydrogen) atoms. The molecule has 9 nitrogen and oxygen atoms in total. The second kappa shape index (κ2) is 9.58. The van der Waals surface area contributed by atoms with Gasteiger partial charge in [0, 0.05) is 25.0 Å². The molecule has 4 rings (SSSR count). The van der Waals surface area contributed by atoms with Crippen molar-refractivity contribution in [3.63, 3.8) is 0 Å². The van der Waals surface area contributed by atoms with Crippen LogP contribution >= 0.6 is 0 Å². The average Bonchev–Trinajstić information content (AvgIpc) is 3.41. The van der Waals surface area contributed by atoms with E-state index in [-0.39, 0.29) is 19.2 Å². The number of fused-ring (bicyclic) bond motifs is 1. The third kappa shape index (κ3) is 4.92. The average molecular weight is 477 g/mol. The summed E-state index contributed by atoms with van der Waals surface area (Å²) < 4.78 is 44.2. The topological polar surface area (TPSA) is 114 Å². The number of methoxy groups -OCH3 is 1. The number of likely N-dealkylation sites (tertiary alicyclic amines) is 1. The molecule has 2 aliphatic rings. The van der Waals surface area contributed by atoms with Gasteiger partial charge in [0.1, 0.15) is 11.6 Å². The molecule has 0 bridgehead atoms. The predicted molar refractivity (Wildman–Crippen MR) is 121 cm³/mol. The van der Waals surface area contributed by atoms with Crippen LogP contribution in [0, 0.1) is 5.92 Å². The van der Waals surface area contributed by atoms with Crippen LogP contribution in [-0.4, -0.2) is 57.3 Å². The summed E-state index contributed by atoms with van der Waals surface area (Å²) in [5.74, 6) is -0.772. The van der Waals surface area contributed by atoms with Crippen molar-refractivity contribution in [3.05, 3.63) is 53.6 Å². The van der Waals surface area contributed by atoms with Gasteiger partial charge in [0.2, 0.25) is 16.8 Å². The van der Waals surface area contributed by atoms with Crippen LogP contribution in [-0.2, 0) is 14.8 Å². The highest BCUT2D eigenvalue weighted by atomic mass is 32.2.